The molecule has 27 heavy (non-hydrogen) atoms. The van der Waals surface area contributed by atoms with Gasteiger partial charge in [0.25, 0.3) is 5.91 Å². The molecule has 1 aromatic carbocycles. The summed E-state index contributed by atoms with van der Waals surface area (Å²) in [7, 11) is 0. The Morgan fingerprint density at radius 3 is 2.30 bits per heavy atom. The van der Waals surface area contributed by atoms with E-state index in [0.717, 1.165) is 18.9 Å². The van der Waals surface area contributed by atoms with Crippen LogP contribution in [0.4, 0.5) is 9.18 Å². The number of nitrogens with zero attached hydrogens (tertiary/aromatic N) is 2. The molecule has 0 bridgehead atoms. The summed E-state index contributed by atoms with van der Waals surface area (Å²) in [6.07, 6.45) is 7.03. The van der Waals surface area contributed by atoms with Crippen LogP contribution < -0.4 is 10.6 Å². The number of rotatable bonds is 3. The second kappa shape index (κ2) is 8.85. The van der Waals surface area contributed by atoms with Crippen molar-refractivity contribution in [2.75, 3.05) is 13.1 Å². The Morgan fingerprint density at radius 1 is 1.04 bits per heavy atom. The van der Waals surface area contributed by atoms with Gasteiger partial charge >= 0.3 is 6.03 Å². The van der Waals surface area contributed by atoms with Crippen LogP contribution in [0.3, 0.4) is 0 Å². The summed E-state index contributed by atoms with van der Waals surface area (Å²) in [5, 5.41) is 15.0. The molecule has 1 heterocycles. The van der Waals surface area contributed by atoms with E-state index in [1.807, 2.05) is 0 Å². The molecule has 3 rings (SSSR count). The van der Waals surface area contributed by atoms with E-state index in [9.17, 15) is 14.0 Å². The van der Waals surface area contributed by atoms with Crippen LogP contribution >= 0.6 is 0 Å². The van der Waals surface area contributed by atoms with Gasteiger partial charge in [-0.25, -0.2) is 9.18 Å². The summed E-state index contributed by atoms with van der Waals surface area (Å²) >= 11 is 0. The number of carbonyl (C=O) groups is 2. The molecule has 6 nitrogen and oxygen atoms in total. The van der Waals surface area contributed by atoms with Crippen molar-refractivity contribution in [2.45, 2.75) is 57.0 Å². The van der Waals surface area contributed by atoms with Gasteiger partial charge in [0.05, 0.1) is 5.56 Å². The molecule has 2 aliphatic rings. The Hall–Kier alpha value is -2.62. The van der Waals surface area contributed by atoms with E-state index in [0.29, 0.717) is 31.5 Å². The summed E-state index contributed by atoms with van der Waals surface area (Å²) in [5.74, 6) is -0.836. The van der Waals surface area contributed by atoms with Gasteiger partial charge in [-0.1, -0.05) is 19.3 Å². The molecule has 1 saturated heterocycles. The molecule has 3 amide bonds. The summed E-state index contributed by atoms with van der Waals surface area (Å²) in [6, 6.07) is 5.79. The molecule has 0 spiro atoms. The lowest BCUT2D eigenvalue weighted by Gasteiger charge is -2.33. The maximum Gasteiger partial charge on any atom is 0.315 e. The van der Waals surface area contributed by atoms with E-state index in [1.54, 1.807) is 11.0 Å². The standard InChI is InChI=1S/C20H25FN4O2/c21-18-7-6-14(12-15(18)13-22)19(26)25-10-8-17(9-11-25)24-20(27)23-16-4-2-1-3-5-16/h6-7,12,16-17H,1-5,8-11H2,(H2,23,24,27). The van der Waals surface area contributed by atoms with E-state index >= 15 is 0 Å². The van der Waals surface area contributed by atoms with Crippen LogP contribution in [0, 0.1) is 17.1 Å². The van der Waals surface area contributed by atoms with E-state index in [1.165, 1.54) is 31.4 Å². The highest BCUT2D eigenvalue weighted by molar-refractivity contribution is 5.94. The minimum Gasteiger partial charge on any atom is -0.338 e. The topological polar surface area (TPSA) is 85.2 Å². The maximum atomic E-state index is 13.4. The highest BCUT2D eigenvalue weighted by Gasteiger charge is 2.26. The van der Waals surface area contributed by atoms with E-state index in [2.05, 4.69) is 10.6 Å². The van der Waals surface area contributed by atoms with Gasteiger partial charge in [-0.15, -0.1) is 0 Å². The fraction of sp³-hybridized carbons (Fsp3) is 0.550. The monoisotopic (exact) mass is 372 g/mol. The fourth-order valence-corrected chi connectivity index (χ4v) is 3.81. The molecule has 2 N–H and O–H groups in total. The number of carbonyl (C=O) groups excluding carboxylic acids is 2. The smallest absolute Gasteiger partial charge is 0.315 e. The van der Waals surface area contributed by atoms with Gasteiger partial charge in [0, 0.05) is 30.7 Å². The van der Waals surface area contributed by atoms with Crippen LogP contribution in [0.2, 0.25) is 0 Å². The molecule has 1 aliphatic heterocycles. The molecule has 0 radical (unpaired) electrons. The molecule has 0 aromatic heterocycles. The van der Waals surface area contributed by atoms with E-state index < -0.39 is 5.82 Å². The van der Waals surface area contributed by atoms with Crippen molar-refractivity contribution >= 4 is 11.9 Å². The number of nitriles is 1. The third-order valence-corrected chi connectivity index (χ3v) is 5.39. The van der Waals surface area contributed by atoms with Gasteiger partial charge in [0.2, 0.25) is 0 Å². The highest BCUT2D eigenvalue weighted by Crippen LogP contribution is 2.18. The summed E-state index contributed by atoms with van der Waals surface area (Å²) in [4.78, 5) is 26.4. The van der Waals surface area contributed by atoms with Gasteiger partial charge in [-0.2, -0.15) is 5.26 Å². The summed E-state index contributed by atoms with van der Waals surface area (Å²) < 4.78 is 13.4. The van der Waals surface area contributed by atoms with Crippen molar-refractivity contribution in [1.82, 2.24) is 15.5 Å². The van der Waals surface area contributed by atoms with Gasteiger partial charge in [0.1, 0.15) is 11.9 Å². The van der Waals surface area contributed by atoms with E-state index in [-0.39, 0.29) is 29.6 Å². The largest absolute Gasteiger partial charge is 0.338 e. The third kappa shape index (κ3) is 4.97. The Balaban J connectivity index is 1.47. The third-order valence-electron chi connectivity index (χ3n) is 5.39. The number of amides is 3. The lowest BCUT2D eigenvalue weighted by atomic mass is 9.96. The van der Waals surface area contributed by atoms with Crippen LogP contribution in [-0.4, -0.2) is 42.0 Å². The molecule has 2 fully saturated rings. The van der Waals surface area contributed by atoms with Crippen molar-refractivity contribution in [3.05, 3.63) is 35.1 Å². The number of benzene rings is 1. The lowest BCUT2D eigenvalue weighted by Crippen LogP contribution is -2.51. The van der Waals surface area contributed by atoms with Crippen LogP contribution in [-0.2, 0) is 0 Å². The number of hydrogen-bond acceptors (Lipinski definition) is 3. The zero-order valence-electron chi connectivity index (χ0n) is 15.3. The molecule has 1 aromatic rings. The van der Waals surface area contributed by atoms with Crippen molar-refractivity contribution < 1.29 is 14.0 Å². The van der Waals surface area contributed by atoms with Crippen molar-refractivity contribution in [2.24, 2.45) is 0 Å². The Bertz CT molecular complexity index is 732. The fourth-order valence-electron chi connectivity index (χ4n) is 3.81. The maximum absolute atomic E-state index is 13.4. The van der Waals surface area contributed by atoms with Crippen LogP contribution in [0.1, 0.15) is 60.9 Å². The van der Waals surface area contributed by atoms with Crippen LogP contribution in [0.25, 0.3) is 0 Å². The minimum absolute atomic E-state index is 0.0422. The number of piperidine rings is 1. The number of hydrogen-bond donors (Lipinski definition) is 2. The molecule has 1 saturated carbocycles. The molecular weight excluding hydrogens is 347 g/mol. The average Bonchev–Trinajstić information content (AvgIpc) is 2.69. The number of likely N-dealkylation sites (tertiary alicyclic amines) is 1. The second-order valence-electron chi connectivity index (χ2n) is 7.33. The van der Waals surface area contributed by atoms with E-state index in [4.69, 9.17) is 5.26 Å². The average molecular weight is 372 g/mol. The van der Waals surface area contributed by atoms with Crippen molar-refractivity contribution in [3.63, 3.8) is 0 Å². The van der Waals surface area contributed by atoms with Crippen molar-refractivity contribution in [1.29, 1.82) is 5.26 Å². The molecule has 144 valence electrons. The normalized spacial score (nSPS) is 18.6. The number of nitrogens with one attached hydrogen (secondary N) is 2. The lowest BCUT2D eigenvalue weighted by molar-refractivity contribution is 0.0708. The number of halogens is 1. The zero-order valence-corrected chi connectivity index (χ0v) is 15.3. The minimum atomic E-state index is -0.624. The predicted molar refractivity (Wildman–Crippen MR) is 98.6 cm³/mol. The zero-order chi connectivity index (χ0) is 19.2. The first-order valence-corrected chi connectivity index (χ1v) is 9.63. The first-order chi connectivity index (χ1) is 13.1. The Morgan fingerprint density at radius 2 is 1.67 bits per heavy atom. The van der Waals surface area contributed by atoms with Crippen LogP contribution in [0.5, 0.6) is 0 Å². The van der Waals surface area contributed by atoms with Gasteiger partial charge in [0.15, 0.2) is 0 Å². The summed E-state index contributed by atoms with van der Waals surface area (Å²) in [6.45, 7) is 1.04. The van der Waals surface area contributed by atoms with Crippen molar-refractivity contribution in [3.8, 4) is 6.07 Å². The second-order valence-corrected chi connectivity index (χ2v) is 7.33. The Labute approximate surface area is 158 Å². The first-order valence-electron chi connectivity index (χ1n) is 9.63. The SMILES string of the molecule is N#Cc1cc(C(=O)N2CCC(NC(=O)NC3CCCCC3)CC2)ccc1F. The van der Waals surface area contributed by atoms with Crippen LogP contribution in [0.15, 0.2) is 18.2 Å². The van der Waals surface area contributed by atoms with Gasteiger partial charge in [-0.3, -0.25) is 4.79 Å². The molecule has 1 aliphatic carbocycles. The molecule has 7 heteroatoms. The molecule has 0 atom stereocenters. The quantitative estimate of drug-likeness (QED) is 0.855. The Kier molecular flexibility index (Phi) is 6.28. The van der Waals surface area contributed by atoms with Gasteiger partial charge < -0.3 is 15.5 Å². The molecular formula is C20H25FN4O2. The number of urea groups is 1. The predicted octanol–water partition coefficient (Wildman–Crippen LogP) is 2.93. The summed E-state index contributed by atoms with van der Waals surface area (Å²) in [5.41, 5.74) is 0.186. The first kappa shape index (κ1) is 19.2. The molecule has 0 unspecified atom stereocenters. The van der Waals surface area contributed by atoms with Gasteiger partial charge in [-0.05, 0) is 43.9 Å². The highest BCUT2D eigenvalue weighted by atomic mass is 19.1.